The van der Waals surface area contributed by atoms with E-state index in [0.29, 0.717) is 6.54 Å². The third-order valence-electron chi connectivity index (χ3n) is 3.95. The molecule has 1 unspecified atom stereocenters. The van der Waals surface area contributed by atoms with E-state index in [2.05, 4.69) is 53.8 Å². The molecule has 0 fully saturated rings. The minimum absolute atomic E-state index is 0.217. The zero-order chi connectivity index (χ0) is 18.2. The first-order valence-electron chi connectivity index (χ1n) is 8.07. The number of carboxylic acids is 2. The van der Waals surface area contributed by atoms with E-state index >= 15 is 0 Å². The van der Waals surface area contributed by atoms with Gasteiger partial charge in [0.05, 0.1) is 18.9 Å². The maximum atomic E-state index is 9.64. The predicted octanol–water partition coefficient (Wildman–Crippen LogP) is 2.64. The van der Waals surface area contributed by atoms with Crippen LogP contribution in [0.2, 0.25) is 0 Å². The van der Waals surface area contributed by atoms with Crippen molar-refractivity contribution in [3.05, 3.63) is 65.2 Å². The summed E-state index contributed by atoms with van der Waals surface area (Å²) in [6.07, 6.45) is 0.389. The van der Waals surface area contributed by atoms with Gasteiger partial charge in [-0.1, -0.05) is 42.5 Å². The second-order valence-electron chi connectivity index (χ2n) is 5.75. The Hall–Kier alpha value is -2.86. The third-order valence-corrected chi connectivity index (χ3v) is 3.95. The Balaban J connectivity index is 0.000000242. The second kappa shape index (κ2) is 8.84. The van der Waals surface area contributed by atoms with Gasteiger partial charge in [0.1, 0.15) is 0 Å². The van der Waals surface area contributed by atoms with Crippen LogP contribution in [0.1, 0.15) is 35.6 Å². The number of hydrogen-bond donors (Lipinski definition) is 4. The van der Waals surface area contributed by atoms with E-state index in [1.54, 1.807) is 0 Å². The smallest absolute Gasteiger partial charge is 0.303 e. The van der Waals surface area contributed by atoms with Gasteiger partial charge >= 0.3 is 11.9 Å². The maximum absolute atomic E-state index is 9.64. The topological polar surface area (TPSA) is 113 Å². The van der Waals surface area contributed by atoms with Crippen molar-refractivity contribution in [2.24, 2.45) is 5.73 Å². The fraction of sp³-hybridized carbons (Fsp3) is 0.263. The molecular weight excluding hydrogens is 320 g/mol. The number of hydrogen-bond acceptors (Lipinski definition) is 4. The SMILES string of the molecule is NCC1Nc2ccccc2Cc2ccccc21.O=C(O)CCC(=O)O. The summed E-state index contributed by atoms with van der Waals surface area (Å²) in [5, 5.41) is 19.3. The van der Waals surface area contributed by atoms with Gasteiger partial charge in [-0.2, -0.15) is 0 Å². The van der Waals surface area contributed by atoms with Crippen LogP contribution in [0, 0.1) is 0 Å². The van der Waals surface area contributed by atoms with Crippen molar-refractivity contribution in [1.82, 2.24) is 0 Å². The lowest BCUT2D eigenvalue weighted by molar-refractivity contribution is -0.143. The van der Waals surface area contributed by atoms with Crippen molar-refractivity contribution >= 4 is 17.6 Å². The number of para-hydroxylation sites is 1. The minimum atomic E-state index is -1.08. The molecule has 3 rings (SSSR count). The molecule has 0 radical (unpaired) electrons. The van der Waals surface area contributed by atoms with Crippen LogP contribution in [0.4, 0.5) is 5.69 Å². The molecule has 2 aromatic rings. The number of anilines is 1. The molecule has 0 aromatic heterocycles. The van der Waals surface area contributed by atoms with Gasteiger partial charge in [0.2, 0.25) is 0 Å². The zero-order valence-corrected chi connectivity index (χ0v) is 13.8. The molecule has 0 spiro atoms. The normalized spacial score (nSPS) is 14.7. The Kier molecular flexibility index (Phi) is 6.54. The van der Waals surface area contributed by atoms with Gasteiger partial charge in [0, 0.05) is 12.2 Å². The van der Waals surface area contributed by atoms with E-state index < -0.39 is 11.9 Å². The highest BCUT2D eigenvalue weighted by atomic mass is 16.4. The quantitative estimate of drug-likeness (QED) is 0.679. The van der Waals surface area contributed by atoms with Gasteiger partial charge in [-0.3, -0.25) is 9.59 Å². The van der Waals surface area contributed by atoms with Crippen LogP contribution >= 0.6 is 0 Å². The summed E-state index contributed by atoms with van der Waals surface area (Å²) in [5.41, 5.74) is 11.1. The molecule has 1 atom stereocenters. The highest BCUT2D eigenvalue weighted by Gasteiger charge is 2.19. The highest BCUT2D eigenvalue weighted by Crippen LogP contribution is 2.31. The lowest BCUT2D eigenvalue weighted by atomic mass is 9.97. The lowest BCUT2D eigenvalue weighted by Gasteiger charge is -2.18. The summed E-state index contributed by atoms with van der Waals surface area (Å²) in [7, 11) is 0. The molecular formula is C19H22N2O4. The Morgan fingerprint density at radius 2 is 1.52 bits per heavy atom. The average Bonchev–Trinajstić information content (AvgIpc) is 2.76. The molecule has 2 aromatic carbocycles. The molecule has 0 saturated heterocycles. The summed E-state index contributed by atoms with van der Waals surface area (Å²) < 4.78 is 0. The van der Waals surface area contributed by atoms with Gasteiger partial charge in [-0.15, -0.1) is 0 Å². The van der Waals surface area contributed by atoms with E-state index in [1.807, 2.05) is 0 Å². The molecule has 0 aliphatic carbocycles. The molecule has 6 nitrogen and oxygen atoms in total. The number of aliphatic carboxylic acids is 2. The highest BCUT2D eigenvalue weighted by molar-refractivity contribution is 5.75. The van der Waals surface area contributed by atoms with Crippen molar-refractivity contribution < 1.29 is 19.8 Å². The standard InChI is InChI=1S/C15H16N2.C4H6O4/c16-10-15-13-7-3-1-5-11(13)9-12-6-2-4-8-14(12)17-15;5-3(6)1-2-4(7)8/h1-8,15,17H,9-10,16H2;1-2H2,(H,5,6)(H,7,8). The van der Waals surface area contributed by atoms with Crippen LogP contribution in [0.5, 0.6) is 0 Å². The molecule has 1 aliphatic rings. The molecule has 1 aliphatic heterocycles. The molecule has 132 valence electrons. The number of nitrogens with one attached hydrogen (secondary N) is 1. The Morgan fingerprint density at radius 1 is 0.960 bits per heavy atom. The van der Waals surface area contributed by atoms with Crippen molar-refractivity contribution in [1.29, 1.82) is 0 Å². The predicted molar refractivity (Wildman–Crippen MR) is 95.6 cm³/mol. The largest absolute Gasteiger partial charge is 0.481 e. The first-order valence-corrected chi connectivity index (χ1v) is 8.07. The van der Waals surface area contributed by atoms with Crippen molar-refractivity contribution in [3.63, 3.8) is 0 Å². The second-order valence-corrected chi connectivity index (χ2v) is 5.75. The number of carboxylic acid groups (broad SMARTS) is 2. The van der Waals surface area contributed by atoms with Crippen molar-refractivity contribution in [2.75, 3.05) is 11.9 Å². The number of nitrogens with two attached hydrogens (primary N) is 1. The molecule has 25 heavy (non-hydrogen) atoms. The summed E-state index contributed by atoms with van der Waals surface area (Å²) in [6.45, 7) is 0.616. The van der Waals surface area contributed by atoms with E-state index in [-0.39, 0.29) is 18.9 Å². The van der Waals surface area contributed by atoms with Crippen LogP contribution in [-0.4, -0.2) is 28.7 Å². The third kappa shape index (κ3) is 5.32. The van der Waals surface area contributed by atoms with E-state index in [4.69, 9.17) is 15.9 Å². The van der Waals surface area contributed by atoms with E-state index in [1.165, 1.54) is 22.4 Å². The van der Waals surface area contributed by atoms with Gasteiger partial charge in [-0.25, -0.2) is 0 Å². The summed E-state index contributed by atoms with van der Waals surface area (Å²) in [5.74, 6) is -2.15. The maximum Gasteiger partial charge on any atom is 0.303 e. The molecule has 0 saturated carbocycles. The van der Waals surface area contributed by atoms with Crippen LogP contribution < -0.4 is 11.1 Å². The van der Waals surface area contributed by atoms with E-state index in [0.717, 1.165) is 6.42 Å². The minimum Gasteiger partial charge on any atom is -0.481 e. The van der Waals surface area contributed by atoms with Gasteiger partial charge < -0.3 is 21.3 Å². The Bertz CT molecular complexity index is 732. The van der Waals surface area contributed by atoms with Gasteiger partial charge in [0.15, 0.2) is 0 Å². The monoisotopic (exact) mass is 342 g/mol. The summed E-state index contributed by atoms with van der Waals surface area (Å²) >= 11 is 0. The van der Waals surface area contributed by atoms with Gasteiger partial charge in [0.25, 0.3) is 0 Å². The van der Waals surface area contributed by atoms with Crippen LogP contribution in [0.25, 0.3) is 0 Å². The Morgan fingerprint density at radius 3 is 2.12 bits per heavy atom. The first-order chi connectivity index (χ1) is 12.0. The molecule has 0 bridgehead atoms. The van der Waals surface area contributed by atoms with Crippen LogP contribution in [-0.2, 0) is 16.0 Å². The Labute approximate surface area is 146 Å². The van der Waals surface area contributed by atoms with E-state index in [9.17, 15) is 9.59 Å². The number of benzene rings is 2. The molecule has 6 heteroatoms. The summed E-state index contributed by atoms with van der Waals surface area (Å²) in [6, 6.07) is 17.2. The van der Waals surface area contributed by atoms with Crippen molar-refractivity contribution in [3.8, 4) is 0 Å². The molecule has 0 amide bonds. The number of rotatable bonds is 4. The number of fused-ring (bicyclic) bond motifs is 2. The lowest BCUT2D eigenvalue weighted by Crippen LogP contribution is -2.20. The fourth-order valence-corrected chi connectivity index (χ4v) is 2.72. The van der Waals surface area contributed by atoms with Crippen LogP contribution in [0.3, 0.4) is 0 Å². The molecule has 5 N–H and O–H groups in total. The summed E-state index contributed by atoms with van der Waals surface area (Å²) in [4.78, 5) is 19.3. The van der Waals surface area contributed by atoms with Gasteiger partial charge in [-0.05, 0) is 29.2 Å². The van der Waals surface area contributed by atoms with Crippen molar-refractivity contribution in [2.45, 2.75) is 25.3 Å². The first kappa shape index (κ1) is 18.5. The molecule has 1 heterocycles. The fourth-order valence-electron chi connectivity index (χ4n) is 2.72. The zero-order valence-electron chi connectivity index (χ0n) is 13.8. The van der Waals surface area contributed by atoms with Crippen LogP contribution in [0.15, 0.2) is 48.5 Å². The average molecular weight is 342 g/mol. The number of carbonyl (C=O) groups is 2.